The topological polar surface area (TPSA) is 24.7 Å². The predicted molar refractivity (Wildman–Crippen MR) is 177 cm³/mol. The molecule has 1 aromatic heterocycles. The fraction of sp³-hybridized carbons (Fsp3) is 0.0811. The van der Waals surface area contributed by atoms with E-state index in [0.717, 1.165) is 33.4 Å². The SMILES string of the molecule is C=Nc1c(N=C(C)c2cccc(-c3cccc4c3sc3ccccc34)c2)c2cc(C)ccc2c2ccc(C)cc12. The van der Waals surface area contributed by atoms with E-state index >= 15 is 0 Å². The summed E-state index contributed by atoms with van der Waals surface area (Å²) >= 11 is 1.86. The Morgan fingerprint density at radius 1 is 0.625 bits per heavy atom. The van der Waals surface area contributed by atoms with Crippen LogP contribution in [0.4, 0.5) is 11.4 Å². The summed E-state index contributed by atoms with van der Waals surface area (Å²) in [4.78, 5) is 9.80. The quantitative estimate of drug-likeness (QED) is 0.159. The van der Waals surface area contributed by atoms with Crippen LogP contribution in [0.5, 0.6) is 0 Å². The molecule has 0 aliphatic heterocycles. The van der Waals surface area contributed by atoms with E-state index in [4.69, 9.17) is 4.99 Å². The van der Waals surface area contributed by atoms with Crippen molar-refractivity contribution in [2.24, 2.45) is 9.98 Å². The summed E-state index contributed by atoms with van der Waals surface area (Å²) in [5.41, 5.74) is 8.59. The van der Waals surface area contributed by atoms with Crippen LogP contribution in [0.1, 0.15) is 23.6 Å². The summed E-state index contributed by atoms with van der Waals surface area (Å²) in [6, 6.07) is 37.1. The molecule has 0 saturated heterocycles. The lowest BCUT2D eigenvalue weighted by atomic mass is 9.95. The van der Waals surface area contributed by atoms with Crippen molar-refractivity contribution in [2.45, 2.75) is 20.8 Å². The number of aryl methyl sites for hydroxylation is 2. The number of benzene rings is 6. The zero-order chi connectivity index (χ0) is 27.4. The molecule has 6 aromatic carbocycles. The van der Waals surface area contributed by atoms with Gasteiger partial charge in [-0.2, -0.15) is 0 Å². The van der Waals surface area contributed by atoms with Gasteiger partial charge in [-0.05, 0) is 79.2 Å². The van der Waals surface area contributed by atoms with Crippen molar-refractivity contribution in [3.63, 3.8) is 0 Å². The van der Waals surface area contributed by atoms with Gasteiger partial charge in [0, 0.05) is 36.7 Å². The Bertz CT molecular complexity index is 2160. The van der Waals surface area contributed by atoms with Gasteiger partial charge < -0.3 is 0 Å². The third kappa shape index (κ3) is 3.93. The number of hydrogen-bond acceptors (Lipinski definition) is 3. The minimum atomic E-state index is 0.836. The second-order valence-electron chi connectivity index (χ2n) is 10.5. The lowest BCUT2D eigenvalue weighted by Gasteiger charge is -2.14. The molecule has 7 aromatic rings. The van der Waals surface area contributed by atoms with Gasteiger partial charge in [-0.25, -0.2) is 0 Å². The van der Waals surface area contributed by atoms with E-state index in [1.807, 2.05) is 11.3 Å². The van der Waals surface area contributed by atoms with Crippen molar-refractivity contribution >= 4 is 76.9 Å². The fourth-order valence-electron chi connectivity index (χ4n) is 5.82. The second kappa shape index (κ2) is 9.55. The molecular weight excluding hydrogens is 504 g/mol. The maximum atomic E-state index is 5.27. The highest BCUT2D eigenvalue weighted by molar-refractivity contribution is 7.26. The molecule has 0 N–H and O–H groups in total. The summed E-state index contributed by atoms with van der Waals surface area (Å²) in [6.07, 6.45) is 0. The van der Waals surface area contributed by atoms with Gasteiger partial charge in [-0.15, -0.1) is 11.3 Å². The molecule has 0 amide bonds. The number of thiophene rings is 1. The number of fused-ring (bicyclic) bond motifs is 6. The first-order valence-electron chi connectivity index (χ1n) is 13.5. The van der Waals surface area contributed by atoms with Crippen LogP contribution < -0.4 is 0 Å². The maximum absolute atomic E-state index is 5.27. The third-order valence-corrected chi connectivity index (χ3v) is 9.03. The minimum Gasteiger partial charge on any atom is -0.262 e. The van der Waals surface area contributed by atoms with E-state index < -0.39 is 0 Å². The molecular formula is C37H28N2S. The van der Waals surface area contributed by atoms with Crippen LogP contribution in [0.15, 0.2) is 113 Å². The highest BCUT2D eigenvalue weighted by atomic mass is 32.1. The summed E-state index contributed by atoms with van der Waals surface area (Å²) in [6.45, 7) is 10.3. The highest BCUT2D eigenvalue weighted by Crippen LogP contribution is 2.45. The minimum absolute atomic E-state index is 0.836. The number of hydrogen-bond donors (Lipinski definition) is 0. The average Bonchev–Trinajstić information content (AvgIpc) is 3.36. The van der Waals surface area contributed by atoms with Gasteiger partial charge in [-0.3, -0.25) is 9.98 Å². The molecule has 7 rings (SSSR count). The van der Waals surface area contributed by atoms with Crippen LogP contribution in [-0.4, -0.2) is 12.4 Å². The molecule has 0 atom stereocenters. The van der Waals surface area contributed by atoms with Gasteiger partial charge in [0.1, 0.15) is 0 Å². The van der Waals surface area contributed by atoms with Crippen LogP contribution in [0.3, 0.4) is 0 Å². The van der Waals surface area contributed by atoms with Crippen molar-refractivity contribution in [3.8, 4) is 11.1 Å². The number of aliphatic imine (C=N–C) groups is 2. The number of nitrogens with zero attached hydrogens (tertiary/aromatic N) is 2. The molecule has 0 aliphatic carbocycles. The van der Waals surface area contributed by atoms with Gasteiger partial charge in [0.2, 0.25) is 0 Å². The van der Waals surface area contributed by atoms with Crippen LogP contribution >= 0.6 is 11.3 Å². The molecule has 0 bridgehead atoms. The van der Waals surface area contributed by atoms with Gasteiger partial charge >= 0.3 is 0 Å². The molecule has 3 heteroatoms. The van der Waals surface area contributed by atoms with E-state index in [9.17, 15) is 0 Å². The van der Waals surface area contributed by atoms with E-state index in [-0.39, 0.29) is 0 Å². The molecule has 0 spiro atoms. The Hall–Kier alpha value is -4.60. The summed E-state index contributed by atoms with van der Waals surface area (Å²) in [7, 11) is 0. The van der Waals surface area contributed by atoms with Crippen LogP contribution in [0.2, 0.25) is 0 Å². The van der Waals surface area contributed by atoms with Crippen molar-refractivity contribution in [2.75, 3.05) is 0 Å². The first-order valence-corrected chi connectivity index (χ1v) is 14.3. The maximum Gasteiger partial charge on any atom is 0.0974 e. The Morgan fingerprint density at radius 3 is 2.05 bits per heavy atom. The van der Waals surface area contributed by atoms with Crippen LogP contribution in [0, 0.1) is 13.8 Å². The Labute approximate surface area is 238 Å². The molecule has 0 aliphatic rings. The molecule has 0 fully saturated rings. The Kier molecular flexibility index (Phi) is 5.83. The van der Waals surface area contributed by atoms with Crippen molar-refractivity contribution < 1.29 is 0 Å². The predicted octanol–water partition coefficient (Wildman–Crippen LogP) is 11.1. The molecule has 0 radical (unpaired) electrons. The van der Waals surface area contributed by atoms with E-state index in [1.54, 1.807) is 0 Å². The third-order valence-electron chi connectivity index (χ3n) is 7.81. The van der Waals surface area contributed by atoms with Crippen molar-refractivity contribution in [3.05, 3.63) is 120 Å². The molecule has 0 unspecified atom stereocenters. The summed E-state index contributed by atoms with van der Waals surface area (Å²) in [5.74, 6) is 0. The first kappa shape index (κ1) is 24.4. The highest BCUT2D eigenvalue weighted by Gasteiger charge is 2.15. The van der Waals surface area contributed by atoms with E-state index in [1.165, 1.54) is 53.2 Å². The fourth-order valence-corrected chi connectivity index (χ4v) is 7.06. The van der Waals surface area contributed by atoms with Crippen LogP contribution in [0.25, 0.3) is 52.8 Å². The standard InChI is InChI=1S/C37H28N2S/c1-22-15-17-28-29-18-16-23(2)20-33(29)36(35(38-4)32(28)19-22)39-24(3)25-9-7-10-26(21-25)27-12-8-13-31-30-11-5-6-14-34(30)40-37(27)31/h5-21H,4H2,1-3H3. The van der Waals surface area contributed by atoms with E-state index in [2.05, 4.69) is 136 Å². The monoisotopic (exact) mass is 532 g/mol. The average molecular weight is 533 g/mol. The molecule has 0 saturated carbocycles. The van der Waals surface area contributed by atoms with Crippen molar-refractivity contribution in [1.29, 1.82) is 0 Å². The Morgan fingerprint density at radius 2 is 1.30 bits per heavy atom. The molecule has 2 nitrogen and oxygen atoms in total. The largest absolute Gasteiger partial charge is 0.262 e. The number of rotatable bonds is 4. The summed E-state index contributed by atoms with van der Waals surface area (Å²) in [5, 5.41) is 7.18. The zero-order valence-electron chi connectivity index (χ0n) is 22.8. The Balaban J connectivity index is 1.42. The first-order chi connectivity index (χ1) is 19.5. The normalized spacial score (nSPS) is 12.1. The zero-order valence-corrected chi connectivity index (χ0v) is 23.6. The van der Waals surface area contributed by atoms with Gasteiger partial charge in [0.15, 0.2) is 0 Å². The lowest BCUT2D eigenvalue weighted by molar-refractivity contribution is 1.45. The second-order valence-corrected chi connectivity index (χ2v) is 11.6. The smallest absolute Gasteiger partial charge is 0.0974 e. The van der Waals surface area contributed by atoms with Gasteiger partial charge in [0.05, 0.1) is 11.4 Å². The molecule has 40 heavy (non-hydrogen) atoms. The molecule has 1 heterocycles. The van der Waals surface area contributed by atoms with Crippen molar-refractivity contribution in [1.82, 2.24) is 0 Å². The van der Waals surface area contributed by atoms with Gasteiger partial charge in [0.25, 0.3) is 0 Å². The van der Waals surface area contributed by atoms with Gasteiger partial charge in [-0.1, -0.05) is 90.0 Å². The van der Waals surface area contributed by atoms with Crippen LogP contribution in [-0.2, 0) is 0 Å². The summed E-state index contributed by atoms with van der Waals surface area (Å²) < 4.78 is 2.64. The lowest BCUT2D eigenvalue weighted by Crippen LogP contribution is -1.95. The molecule has 192 valence electrons. The van der Waals surface area contributed by atoms with E-state index in [0.29, 0.717) is 0 Å².